The van der Waals surface area contributed by atoms with Crippen LogP contribution in [0.2, 0.25) is 0 Å². The van der Waals surface area contributed by atoms with Crippen LogP contribution in [-0.2, 0) is 9.59 Å². The second-order valence-corrected chi connectivity index (χ2v) is 8.54. The summed E-state index contributed by atoms with van der Waals surface area (Å²) in [4.78, 5) is 23.4. The number of hydrogen-bond acceptors (Lipinski definition) is 4. The largest absolute Gasteiger partial charge is 0.389 e. The van der Waals surface area contributed by atoms with E-state index in [-0.39, 0.29) is 24.2 Å². The van der Waals surface area contributed by atoms with Crippen molar-refractivity contribution >= 4 is 11.6 Å². The molecule has 3 atom stereocenters. The van der Waals surface area contributed by atoms with Crippen LogP contribution in [0.5, 0.6) is 0 Å². The highest BCUT2D eigenvalue weighted by molar-refractivity contribution is 5.83. The van der Waals surface area contributed by atoms with Crippen molar-refractivity contribution in [2.45, 2.75) is 102 Å². The van der Waals surface area contributed by atoms with Crippen molar-refractivity contribution in [2.75, 3.05) is 6.61 Å². The van der Waals surface area contributed by atoms with Crippen LogP contribution in [0.3, 0.4) is 0 Å². The number of ketones is 2. The van der Waals surface area contributed by atoms with Crippen molar-refractivity contribution in [3.05, 3.63) is 12.2 Å². The van der Waals surface area contributed by atoms with Gasteiger partial charge in [-0.25, -0.2) is 0 Å². The molecule has 164 valence electrons. The highest BCUT2D eigenvalue weighted by Crippen LogP contribution is 2.34. The van der Waals surface area contributed by atoms with Gasteiger partial charge in [-0.2, -0.15) is 0 Å². The molecule has 1 aliphatic carbocycles. The van der Waals surface area contributed by atoms with Crippen molar-refractivity contribution < 1.29 is 19.8 Å². The molecule has 0 aliphatic heterocycles. The molecule has 1 saturated carbocycles. The molecule has 4 heteroatoms. The van der Waals surface area contributed by atoms with Gasteiger partial charge in [0.1, 0.15) is 18.0 Å². The molecule has 0 aromatic carbocycles. The third-order valence-electron chi connectivity index (χ3n) is 6.10. The van der Waals surface area contributed by atoms with Crippen molar-refractivity contribution in [1.82, 2.24) is 0 Å². The number of carbonyl (C=O) groups excluding carboxylic acids is 2. The summed E-state index contributed by atoms with van der Waals surface area (Å²) in [5.41, 5.74) is -1.08. The SMILES string of the molecule is C#CC(O)(CC=C[C@H]1CCC(=O)[C@@H]1CCCCCCC(=O)CO)CCCCCC. The lowest BCUT2D eigenvalue weighted by atomic mass is 9.88. The zero-order valence-electron chi connectivity index (χ0n) is 18.2. The summed E-state index contributed by atoms with van der Waals surface area (Å²) in [5.74, 6) is 3.14. The number of allylic oxidation sites excluding steroid dienone is 1. The Hall–Kier alpha value is -1.44. The molecule has 0 bridgehead atoms. The Balaban J connectivity index is 2.38. The van der Waals surface area contributed by atoms with E-state index >= 15 is 0 Å². The number of carbonyl (C=O) groups is 2. The lowest BCUT2D eigenvalue weighted by molar-refractivity contribution is -0.122. The first kappa shape index (κ1) is 25.6. The maximum atomic E-state index is 12.3. The lowest BCUT2D eigenvalue weighted by Crippen LogP contribution is -2.25. The first-order valence-electron chi connectivity index (χ1n) is 11.5. The second kappa shape index (κ2) is 14.5. The van der Waals surface area contributed by atoms with Gasteiger partial charge < -0.3 is 10.2 Å². The standard InChI is InChI=1S/C25H40O4/c1-3-5-6-11-18-25(29,4-2)19-12-13-21-16-17-24(28)23(21)15-10-8-7-9-14-22(27)20-26/h2,12-13,21,23,26,29H,3,5-11,14-20H2,1H3/t21-,23+,25?/m0/s1. The van der Waals surface area contributed by atoms with Crippen LogP contribution in [0.25, 0.3) is 0 Å². The van der Waals surface area contributed by atoms with Gasteiger partial charge in [-0.15, -0.1) is 6.42 Å². The fourth-order valence-corrected chi connectivity index (χ4v) is 4.17. The van der Waals surface area contributed by atoms with E-state index < -0.39 is 5.60 Å². The second-order valence-electron chi connectivity index (χ2n) is 8.54. The molecule has 0 heterocycles. The number of hydrogen-bond donors (Lipinski definition) is 2. The summed E-state index contributed by atoms with van der Waals surface area (Å²) in [6.45, 7) is 1.80. The van der Waals surface area contributed by atoms with Crippen LogP contribution in [-0.4, -0.2) is 34.0 Å². The van der Waals surface area contributed by atoms with E-state index in [1.54, 1.807) is 0 Å². The van der Waals surface area contributed by atoms with Crippen LogP contribution in [0.4, 0.5) is 0 Å². The Kier molecular flexibility index (Phi) is 12.8. The molecule has 0 saturated heterocycles. The molecule has 0 spiro atoms. The summed E-state index contributed by atoms with van der Waals surface area (Å²) < 4.78 is 0. The normalized spacial score (nSPS) is 21.4. The zero-order valence-corrected chi connectivity index (χ0v) is 18.2. The van der Waals surface area contributed by atoms with Crippen molar-refractivity contribution in [3.8, 4) is 12.3 Å². The lowest BCUT2D eigenvalue weighted by Gasteiger charge is -2.21. The average molecular weight is 405 g/mol. The third kappa shape index (κ3) is 10.2. The molecule has 1 fully saturated rings. The van der Waals surface area contributed by atoms with E-state index in [1.807, 2.05) is 6.08 Å². The van der Waals surface area contributed by atoms with Gasteiger partial charge >= 0.3 is 0 Å². The first-order chi connectivity index (χ1) is 14.0. The predicted molar refractivity (Wildman–Crippen MR) is 117 cm³/mol. The zero-order chi connectivity index (χ0) is 21.5. The maximum absolute atomic E-state index is 12.3. The molecule has 0 aromatic rings. The molecule has 0 amide bonds. The van der Waals surface area contributed by atoms with Gasteiger partial charge in [-0.1, -0.05) is 63.5 Å². The van der Waals surface area contributed by atoms with Crippen LogP contribution >= 0.6 is 0 Å². The van der Waals surface area contributed by atoms with E-state index in [2.05, 4.69) is 18.9 Å². The molecule has 4 nitrogen and oxygen atoms in total. The van der Waals surface area contributed by atoms with E-state index in [0.717, 1.165) is 57.8 Å². The molecule has 1 unspecified atom stereocenters. The maximum Gasteiger partial charge on any atom is 0.158 e. The van der Waals surface area contributed by atoms with Crippen molar-refractivity contribution in [2.24, 2.45) is 11.8 Å². The molecule has 2 N–H and O–H groups in total. The third-order valence-corrected chi connectivity index (χ3v) is 6.10. The number of aliphatic hydroxyl groups excluding tert-OH is 1. The smallest absolute Gasteiger partial charge is 0.158 e. The van der Waals surface area contributed by atoms with Gasteiger partial charge in [0.25, 0.3) is 0 Å². The topological polar surface area (TPSA) is 74.6 Å². The summed E-state index contributed by atoms with van der Waals surface area (Å²) >= 11 is 0. The first-order valence-corrected chi connectivity index (χ1v) is 11.5. The molecular weight excluding hydrogens is 364 g/mol. The molecular formula is C25H40O4. The van der Waals surface area contributed by atoms with Gasteiger partial charge in [-0.05, 0) is 38.0 Å². The highest BCUT2D eigenvalue weighted by Gasteiger charge is 2.32. The van der Waals surface area contributed by atoms with Gasteiger partial charge in [0, 0.05) is 25.2 Å². The highest BCUT2D eigenvalue weighted by atomic mass is 16.3. The minimum absolute atomic E-state index is 0.0776. The fourth-order valence-electron chi connectivity index (χ4n) is 4.17. The number of unbranched alkanes of at least 4 members (excludes halogenated alkanes) is 6. The predicted octanol–water partition coefficient (Wildman–Crippen LogP) is 4.76. The monoisotopic (exact) mass is 404 g/mol. The van der Waals surface area contributed by atoms with E-state index in [0.29, 0.717) is 31.5 Å². The van der Waals surface area contributed by atoms with Gasteiger partial charge in [0.05, 0.1) is 0 Å². The quantitative estimate of drug-likeness (QED) is 0.221. The minimum Gasteiger partial charge on any atom is -0.389 e. The summed E-state index contributed by atoms with van der Waals surface area (Å²) in [6, 6.07) is 0. The van der Waals surface area contributed by atoms with E-state index in [1.165, 1.54) is 6.42 Å². The fraction of sp³-hybridized carbons (Fsp3) is 0.760. The molecule has 0 aromatic heterocycles. The average Bonchev–Trinajstić information content (AvgIpc) is 3.07. The number of Topliss-reactive ketones (excluding diaryl/α,β-unsaturated/α-hetero) is 2. The van der Waals surface area contributed by atoms with Crippen LogP contribution < -0.4 is 0 Å². The van der Waals surface area contributed by atoms with Gasteiger partial charge in [0.15, 0.2) is 5.78 Å². The Morgan fingerprint density at radius 3 is 2.62 bits per heavy atom. The summed E-state index contributed by atoms with van der Waals surface area (Å²) in [5, 5.41) is 19.3. The molecule has 0 radical (unpaired) electrons. The molecule has 1 aliphatic rings. The van der Waals surface area contributed by atoms with Gasteiger partial charge in [0.2, 0.25) is 0 Å². The number of rotatable bonds is 16. The van der Waals surface area contributed by atoms with Crippen molar-refractivity contribution in [1.29, 1.82) is 0 Å². The minimum atomic E-state index is -1.08. The molecule has 1 rings (SSSR count). The Bertz CT molecular complexity index is 560. The number of aliphatic hydroxyl groups is 2. The summed E-state index contributed by atoms with van der Waals surface area (Å²) in [6.07, 6.45) is 21.7. The summed E-state index contributed by atoms with van der Waals surface area (Å²) in [7, 11) is 0. The van der Waals surface area contributed by atoms with Crippen molar-refractivity contribution in [3.63, 3.8) is 0 Å². The Morgan fingerprint density at radius 2 is 1.93 bits per heavy atom. The van der Waals surface area contributed by atoms with Crippen LogP contribution in [0.15, 0.2) is 12.2 Å². The number of terminal acetylenes is 1. The van der Waals surface area contributed by atoms with E-state index in [4.69, 9.17) is 11.5 Å². The van der Waals surface area contributed by atoms with Crippen LogP contribution in [0.1, 0.15) is 96.8 Å². The Labute approximate surface area is 177 Å². The van der Waals surface area contributed by atoms with Crippen LogP contribution in [0, 0.1) is 24.2 Å². The molecule has 29 heavy (non-hydrogen) atoms. The Morgan fingerprint density at radius 1 is 1.21 bits per heavy atom. The van der Waals surface area contributed by atoms with Gasteiger partial charge in [-0.3, -0.25) is 9.59 Å². The van der Waals surface area contributed by atoms with E-state index in [9.17, 15) is 14.7 Å².